The highest BCUT2D eigenvalue weighted by molar-refractivity contribution is 5.42. The van der Waals surface area contributed by atoms with Crippen molar-refractivity contribution in [3.63, 3.8) is 0 Å². The number of benzene rings is 1. The zero-order chi connectivity index (χ0) is 15.1. The topological polar surface area (TPSA) is 56.5 Å². The Hall–Kier alpha value is -1.52. The molecule has 1 aliphatic carbocycles. The first-order valence-electron chi connectivity index (χ1n) is 7.61. The molecule has 1 aromatic carbocycles. The van der Waals surface area contributed by atoms with Gasteiger partial charge in [-0.2, -0.15) is 0 Å². The fourth-order valence-electron chi connectivity index (χ4n) is 2.80. The van der Waals surface area contributed by atoms with E-state index in [1.54, 1.807) is 19.8 Å². The molecule has 0 fully saturated rings. The molecule has 0 spiro atoms. The van der Waals surface area contributed by atoms with Gasteiger partial charge in [-0.3, -0.25) is 0 Å². The molecular weight excluding hydrogens is 264 g/mol. The third-order valence-electron chi connectivity index (χ3n) is 4.02. The van der Waals surface area contributed by atoms with Crippen LogP contribution >= 0.6 is 0 Å². The molecule has 116 valence electrons. The molecule has 0 saturated carbocycles. The summed E-state index contributed by atoms with van der Waals surface area (Å²) in [6, 6.07) is 5.98. The van der Waals surface area contributed by atoms with Crippen LogP contribution in [0.2, 0.25) is 0 Å². The lowest BCUT2D eigenvalue weighted by Gasteiger charge is -2.20. The molecule has 21 heavy (non-hydrogen) atoms. The maximum atomic E-state index is 5.93. The van der Waals surface area contributed by atoms with Gasteiger partial charge >= 0.3 is 0 Å². The third-order valence-corrected chi connectivity index (χ3v) is 4.02. The van der Waals surface area contributed by atoms with E-state index in [0.29, 0.717) is 6.54 Å². The number of allylic oxidation sites excluding steroid dienone is 1. The SMILES string of the molecule is COc1ccc(C(CN)NCCC2=CCCC2)c(OC)c1. The predicted octanol–water partition coefficient (Wildman–Crippen LogP) is 2.79. The van der Waals surface area contributed by atoms with Crippen LogP contribution in [-0.4, -0.2) is 27.3 Å². The second-order valence-corrected chi connectivity index (χ2v) is 5.35. The second-order valence-electron chi connectivity index (χ2n) is 5.35. The summed E-state index contributed by atoms with van der Waals surface area (Å²) in [4.78, 5) is 0. The highest BCUT2D eigenvalue weighted by atomic mass is 16.5. The van der Waals surface area contributed by atoms with Crippen LogP contribution in [0.1, 0.15) is 37.3 Å². The lowest BCUT2D eigenvalue weighted by molar-refractivity contribution is 0.384. The molecule has 0 saturated heterocycles. The fraction of sp³-hybridized carbons (Fsp3) is 0.529. The van der Waals surface area contributed by atoms with Crippen molar-refractivity contribution in [3.05, 3.63) is 35.4 Å². The van der Waals surface area contributed by atoms with E-state index >= 15 is 0 Å². The van der Waals surface area contributed by atoms with Crippen molar-refractivity contribution in [1.82, 2.24) is 5.32 Å². The quantitative estimate of drug-likeness (QED) is 0.723. The molecule has 1 atom stereocenters. The number of hydrogen-bond donors (Lipinski definition) is 2. The Kier molecular flexibility index (Phi) is 6.08. The van der Waals surface area contributed by atoms with E-state index < -0.39 is 0 Å². The number of hydrogen-bond acceptors (Lipinski definition) is 4. The standard InChI is InChI=1S/C17H26N2O2/c1-20-14-7-8-15(17(11-14)21-2)16(12-18)19-10-9-13-5-3-4-6-13/h5,7-8,11,16,19H,3-4,6,9-10,12,18H2,1-2H3. The Morgan fingerprint density at radius 1 is 1.29 bits per heavy atom. The predicted molar refractivity (Wildman–Crippen MR) is 85.9 cm³/mol. The molecule has 2 rings (SSSR count). The Labute approximate surface area is 127 Å². The highest BCUT2D eigenvalue weighted by Crippen LogP contribution is 2.29. The van der Waals surface area contributed by atoms with E-state index in [0.717, 1.165) is 30.0 Å². The van der Waals surface area contributed by atoms with Crippen LogP contribution in [0.5, 0.6) is 11.5 Å². The number of ether oxygens (including phenoxy) is 2. The summed E-state index contributed by atoms with van der Waals surface area (Å²) >= 11 is 0. The zero-order valence-corrected chi connectivity index (χ0v) is 13.0. The number of methoxy groups -OCH3 is 2. The van der Waals surface area contributed by atoms with Crippen LogP contribution in [0.25, 0.3) is 0 Å². The van der Waals surface area contributed by atoms with Crippen LogP contribution in [0.15, 0.2) is 29.8 Å². The maximum absolute atomic E-state index is 5.93. The van der Waals surface area contributed by atoms with Crippen molar-refractivity contribution in [1.29, 1.82) is 0 Å². The summed E-state index contributed by atoms with van der Waals surface area (Å²) in [5, 5.41) is 3.54. The molecule has 0 heterocycles. The smallest absolute Gasteiger partial charge is 0.127 e. The Balaban J connectivity index is 1.99. The Bertz CT molecular complexity index is 486. The highest BCUT2D eigenvalue weighted by Gasteiger charge is 2.15. The molecule has 0 amide bonds. The lowest BCUT2D eigenvalue weighted by atomic mass is 10.0. The monoisotopic (exact) mass is 290 g/mol. The van der Waals surface area contributed by atoms with Crippen LogP contribution in [0, 0.1) is 0 Å². The average molecular weight is 290 g/mol. The van der Waals surface area contributed by atoms with Crippen molar-refractivity contribution in [2.75, 3.05) is 27.3 Å². The summed E-state index contributed by atoms with van der Waals surface area (Å²) in [6.45, 7) is 1.49. The Morgan fingerprint density at radius 3 is 2.76 bits per heavy atom. The summed E-state index contributed by atoms with van der Waals surface area (Å²) in [7, 11) is 3.33. The van der Waals surface area contributed by atoms with Gasteiger partial charge in [0.05, 0.1) is 14.2 Å². The van der Waals surface area contributed by atoms with Crippen LogP contribution in [0.3, 0.4) is 0 Å². The first-order valence-corrected chi connectivity index (χ1v) is 7.61. The second kappa shape index (κ2) is 8.05. The minimum Gasteiger partial charge on any atom is -0.497 e. The van der Waals surface area contributed by atoms with Gasteiger partial charge in [0.1, 0.15) is 11.5 Å². The number of nitrogens with two attached hydrogens (primary N) is 1. The van der Waals surface area contributed by atoms with Crippen LogP contribution in [0.4, 0.5) is 0 Å². The number of rotatable bonds is 8. The lowest BCUT2D eigenvalue weighted by Crippen LogP contribution is -2.29. The van der Waals surface area contributed by atoms with Gasteiger partial charge in [-0.25, -0.2) is 0 Å². The van der Waals surface area contributed by atoms with Crippen molar-refractivity contribution in [2.45, 2.75) is 31.7 Å². The molecule has 0 radical (unpaired) electrons. The van der Waals surface area contributed by atoms with Gasteiger partial charge in [-0.1, -0.05) is 17.7 Å². The zero-order valence-electron chi connectivity index (χ0n) is 13.0. The largest absolute Gasteiger partial charge is 0.497 e. The van der Waals surface area contributed by atoms with Crippen LogP contribution in [-0.2, 0) is 0 Å². The van der Waals surface area contributed by atoms with Gasteiger partial charge in [0.2, 0.25) is 0 Å². The van der Waals surface area contributed by atoms with E-state index in [4.69, 9.17) is 15.2 Å². The number of nitrogens with one attached hydrogen (secondary N) is 1. The van der Waals surface area contributed by atoms with E-state index in [2.05, 4.69) is 11.4 Å². The molecule has 3 N–H and O–H groups in total. The first-order chi connectivity index (χ1) is 10.3. The average Bonchev–Trinajstić information content (AvgIpc) is 3.04. The molecule has 1 unspecified atom stereocenters. The van der Waals surface area contributed by atoms with Crippen molar-refractivity contribution >= 4 is 0 Å². The minimum absolute atomic E-state index is 0.104. The van der Waals surface area contributed by atoms with Crippen LogP contribution < -0.4 is 20.5 Å². The molecule has 0 bridgehead atoms. The van der Waals surface area contributed by atoms with E-state index in [-0.39, 0.29) is 6.04 Å². The molecule has 0 aliphatic heterocycles. The molecule has 1 aliphatic rings. The third kappa shape index (κ3) is 4.22. The molecular formula is C17H26N2O2. The maximum Gasteiger partial charge on any atom is 0.127 e. The van der Waals surface area contributed by atoms with Gasteiger partial charge in [-0.05, 0) is 38.3 Å². The summed E-state index contributed by atoms with van der Waals surface area (Å²) in [5.41, 5.74) is 8.58. The summed E-state index contributed by atoms with van der Waals surface area (Å²) < 4.78 is 10.7. The van der Waals surface area contributed by atoms with E-state index in [1.807, 2.05) is 18.2 Å². The Morgan fingerprint density at radius 2 is 2.14 bits per heavy atom. The molecule has 0 aromatic heterocycles. The fourth-order valence-corrected chi connectivity index (χ4v) is 2.80. The van der Waals surface area contributed by atoms with Crippen molar-refractivity contribution in [3.8, 4) is 11.5 Å². The summed E-state index contributed by atoms with van der Waals surface area (Å²) in [5.74, 6) is 1.61. The van der Waals surface area contributed by atoms with E-state index in [9.17, 15) is 0 Å². The van der Waals surface area contributed by atoms with Gasteiger partial charge in [0, 0.05) is 24.2 Å². The van der Waals surface area contributed by atoms with Crippen molar-refractivity contribution < 1.29 is 9.47 Å². The van der Waals surface area contributed by atoms with Gasteiger partial charge in [-0.15, -0.1) is 0 Å². The molecule has 4 heteroatoms. The first kappa shape index (κ1) is 15.9. The van der Waals surface area contributed by atoms with Gasteiger partial charge in [0.25, 0.3) is 0 Å². The molecule has 1 aromatic rings. The van der Waals surface area contributed by atoms with E-state index in [1.165, 1.54) is 19.3 Å². The van der Waals surface area contributed by atoms with Crippen molar-refractivity contribution in [2.24, 2.45) is 5.73 Å². The van der Waals surface area contributed by atoms with Gasteiger partial charge < -0.3 is 20.5 Å². The molecule has 4 nitrogen and oxygen atoms in total. The minimum atomic E-state index is 0.104. The van der Waals surface area contributed by atoms with Gasteiger partial charge in [0.15, 0.2) is 0 Å². The summed E-state index contributed by atoms with van der Waals surface area (Å²) in [6.07, 6.45) is 7.27. The normalized spacial score (nSPS) is 15.7.